The zero-order valence-corrected chi connectivity index (χ0v) is 16.1. The van der Waals surface area contributed by atoms with Crippen molar-refractivity contribution in [1.29, 1.82) is 0 Å². The molecule has 3 aromatic rings. The van der Waals surface area contributed by atoms with Crippen LogP contribution >= 0.6 is 0 Å². The minimum Gasteiger partial charge on any atom is -0.364 e. The molecule has 2 aromatic heterocycles. The fourth-order valence-electron chi connectivity index (χ4n) is 4.51. The molecule has 1 unspecified atom stereocenters. The van der Waals surface area contributed by atoms with Gasteiger partial charge in [0.05, 0.1) is 12.4 Å². The molecule has 0 saturated heterocycles. The Bertz CT molecular complexity index is 1040. The summed E-state index contributed by atoms with van der Waals surface area (Å²) in [7, 11) is 0. The summed E-state index contributed by atoms with van der Waals surface area (Å²) in [6, 6.07) is 6.64. The molecule has 1 saturated carbocycles. The number of amides is 1. The zero-order valence-electron chi connectivity index (χ0n) is 16.1. The minimum absolute atomic E-state index is 0.0413. The number of carbonyl (C=O) groups is 1. The van der Waals surface area contributed by atoms with Crippen molar-refractivity contribution in [1.82, 2.24) is 24.8 Å². The summed E-state index contributed by atoms with van der Waals surface area (Å²) >= 11 is 0. The number of aryl methyl sites for hydroxylation is 1. The standard InChI is InChI=1S/C21H24N6O/c1-12-5-3-6-14-9-16(27(15-7-4-8-15)21(28)17(12)14)13(2)26-20-18-19(23-10-22-18)24-11-25-20/h3,5-6,10-11,13,15-16H,4,7-9H2,1-2H3,(H2,22,23,24,25,26)/t13-,16?/m0/s1. The van der Waals surface area contributed by atoms with E-state index < -0.39 is 0 Å². The van der Waals surface area contributed by atoms with Crippen LogP contribution in [0.25, 0.3) is 11.2 Å². The molecule has 144 valence electrons. The fourth-order valence-corrected chi connectivity index (χ4v) is 4.51. The first-order valence-corrected chi connectivity index (χ1v) is 9.95. The van der Waals surface area contributed by atoms with E-state index in [1.165, 1.54) is 12.7 Å². The molecule has 0 spiro atoms. The molecule has 0 bridgehead atoms. The lowest BCUT2D eigenvalue weighted by Crippen LogP contribution is -2.58. The predicted octanol–water partition coefficient (Wildman–Crippen LogP) is 3.08. The van der Waals surface area contributed by atoms with Gasteiger partial charge in [-0.2, -0.15) is 0 Å². The van der Waals surface area contributed by atoms with Crippen molar-refractivity contribution in [2.75, 3.05) is 5.32 Å². The number of aromatic amines is 1. The van der Waals surface area contributed by atoms with Crippen LogP contribution in [0.15, 0.2) is 30.9 Å². The lowest BCUT2D eigenvalue weighted by molar-refractivity contribution is 0.0376. The van der Waals surface area contributed by atoms with Crippen molar-refractivity contribution >= 4 is 22.9 Å². The molecule has 0 radical (unpaired) electrons. The Kier molecular flexibility index (Phi) is 4.03. The Morgan fingerprint density at radius 1 is 1.25 bits per heavy atom. The average Bonchev–Trinajstić information content (AvgIpc) is 3.12. The van der Waals surface area contributed by atoms with Gasteiger partial charge in [-0.3, -0.25) is 4.79 Å². The second-order valence-corrected chi connectivity index (χ2v) is 7.93. The Labute approximate surface area is 163 Å². The number of benzene rings is 1. The van der Waals surface area contributed by atoms with Gasteiger partial charge in [-0.05, 0) is 50.7 Å². The Balaban J connectivity index is 1.50. The van der Waals surface area contributed by atoms with Gasteiger partial charge in [0.15, 0.2) is 11.5 Å². The van der Waals surface area contributed by atoms with Gasteiger partial charge in [-0.15, -0.1) is 0 Å². The van der Waals surface area contributed by atoms with Crippen molar-refractivity contribution in [2.45, 2.75) is 57.7 Å². The fraction of sp³-hybridized carbons (Fsp3) is 0.429. The molecule has 1 aliphatic carbocycles. The first-order valence-electron chi connectivity index (χ1n) is 9.95. The van der Waals surface area contributed by atoms with E-state index in [9.17, 15) is 4.79 Å². The normalized spacial score (nSPS) is 20.7. The molecule has 1 fully saturated rings. The van der Waals surface area contributed by atoms with E-state index in [1.54, 1.807) is 6.33 Å². The lowest BCUT2D eigenvalue weighted by atomic mass is 9.82. The highest BCUT2D eigenvalue weighted by Crippen LogP contribution is 2.35. The summed E-state index contributed by atoms with van der Waals surface area (Å²) < 4.78 is 0. The van der Waals surface area contributed by atoms with Crippen LogP contribution in [0.4, 0.5) is 5.82 Å². The van der Waals surface area contributed by atoms with Crippen LogP contribution < -0.4 is 5.32 Å². The van der Waals surface area contributed by atoms with Gasteiger partial charge in [-0.25, -0.2) is 15.0 Å². The molecular formula is C21H24N6O. The topological polar surface area (TPSA) is 86.8 Å². The van der Waals surface area contributed by atoms with Crippen molar-refractivity contribution in [2.24, 2.45) is 0 Å². The second-order valence-electron chi connectivity index (χ2n) is 7.93. The van der Waals surface area contributed by atoms with Crippen molar-refractivity contribution < 1.29 is 4.79 Å². The largest absolute Gasteiger partial charge is 0.364 e. The summed E-state index contributed by atoms with van der Waals surface area (Å²) in [5.74, 6) is 0.906. The van der Waals surface area contributed by atoms with E-state index in [4.69, 9.17) is 0 Å². The zero-order chi connectivity index (χ0) is 19.3. The van der Waals surface area contributed by atoms with Gasteiger partial charge in [-0.1, -0.05) is 18.2 Å². The van der Waals surface area contributed by atoms with Crippen LogP contribution in [0.3, 0.4) is 0 Å². The molecule has 1 amide bonds. The third-order valence-corrected chi connectivity index (χ3v) is 6.23. The van der Waals surface area contributed by atoms with Crippen molar-refractivity contribution in [3.8, 4) is 0 Å². The summed E-state index contributed by atoms with van der Waals surface area (Å²) in [4.78, 5) is 31.5. The lowest BCUT2D eigenvalue weighted by Gasteiger charge is -2.48. The molecule has 1 aliphatic heterocycles. The van der Waals surface area contributed by atoms with Gasteiger partial charge in [0.25, 0.3) is 5.91 Å². The van der Waals surface area contributed by atoms with E-state index in [-0.39, 0.29) is 18.0 Å². The summed E-state index contributed by atoms with van der Waals surface area (Å²) in [5.41, 5.74) is 4.55. The van der Waals surface area contributed by atoms with Gasteiger partial charge < -0.3 is 15.2 Å². The molecule has 7 nitrogen and oxygen atoms in total. The molecule has 2 aliphatic rings. The van der Waals surface area contributed by atoms with Crippen molar-refractivity contribution in [3.63, 3.8) is 0 Å². The van der Waals surface area contributed by atoms with Gasteiger partial charge in [0.2, 0.25) is 0 Å². The first-order chi connectivity index (χ1) is 13.6. The third-order valence-electron chi connectivity index (χ3n) is 6.23. The number of rotatable bonds is 4. The highest BCUT2D eigenvalue weighted by atomic mass is 16.2. The average molecular weight is 376 g/mol. The number of aromatic nitrogens is 4. The van der Waals surface area contributed by atoms with E-state index in [0.29, 0.717) is 11.7 Å². The number of carbonyl (C=O) groups excluding carboxylic acids is 1. The van der Waals surface area contributed by atoms with Gasteiger partial charge in [0.1, 0.15) is 11.8 Å². The monoisotopic (exact) mass is 376 g/mol. The molecule has 28 heavy (non-hydrogen) atoms. The highest BCUT2D eigenvalue weighted by molar-refractivity contribution is 5.99. The number of anilines is 1. The molecular weight excluding hydrogens is 352 g/mol. The second kappa shape index (κ2) is 6.58. The van der Waals surface area contributed by atoms with Crippen molar-refractivity contribution in [3.05, 3.63) is 47.5 Å². The highest BCUT2D eigenvalue weighted by Gasteiger charge is 2.41. The molecule has 3 heterocycles. The number of nitrogens with one attached hydrogen (secondary N) is 2. The maximum Gasteiger partial charge on any atom is 0.254 e. The van der Waals surface area contributed by atoms with E-state index in [2.05, 4.69) is 43.1 Å². The smallest absolute Gasteiger partial charge is 0.254 e. The Morgan fingerprint density at radius 2 is 2.11 bits per heavy atom. The van der Waals surface area contributed by atoms with Crippen LogP contribution in [0, 0.1) is 6.92 Å². The van der Waals surface area contributed by atoms with E-state index in [0.717, 1.165) is 47.3 Å². The Hall–Kier alpha value is -2.96. The molecule has 2 N–H and O–H groups in total. The van der Waals surface area contributed by atoms with Gasteiger partial charge in [0, 0.05) is 17.6 Å². The number of hydrogen-bond donors (Lipinski definition) is 2. The summed E-state index contributed by atoms with van der Waals surface area (Å²) in [6.07, 6.45) is 7.38. The molecule has 1 aromatic carbocycles. The number of H-pyrrole nitrogens is 1. The van der Waals surface area contributed by atoms with E-state index in [1.807, 2.05) is 19.1 Å². The number of imidazole rings is 1. The van der Waals surface area contributed by atoms with Crippen LogP contribution in [0.2, 0.25) is 0 Å². The minimum atomic E-state index is 0.0413. The number of nitrogens with zero attached hydrogens (tertiary/aromatic N) is 4. The predicted molar refractivity (Wildman–Crippen MR) is 107 cm³/mol. The molecule has 5 rings (SSSR count). The van der Waals surface area contributed by atoms with E-state index >= 15 is 0 Å². The quantitative estimate of drug-likeness (QED) is 0.731. The van der Waals surface area contributed by atoms with Crippen LogP contribution in [0.1, 0.15) is 47.7 Å². The summed E-state index contributed by atoms with van der Waals surface area (Å²) in [5, 5.41) is 3.52. The summed E-state index contributed by atoms with van der Waals surface area (Å²) in [6.45, 7) is 4.17. The van der Waals surface area contributed by atoms with Gasteiger partial charge >= 0.3 is 0 Å². The number of hydrogen-bond acceptors (Lipinski definition) is 5. The maximum atomic E-state index is 13.5. The number of fused-ring (bicyclic) bond motifs is 2. The maximum absolute atomic E-state index is 13.5. The third kappa shape index (κ3) is 2.65. The first kappa shape index (κ1) is 17.2. The van der Waals surface area contributed by atoms with Crippen LogP contribution in [-0.4, -0.2) is 48.9 Å². The van der Waals surface area contributed by atoms with Crippen LogP contribution in [-0.2, 0) is 6.42 Å². The van der Waals surface area contributed by atoms with Crippen LogP contribution in [0.5, 0.6) is 0 Å². The Morgan fingerprint density at radius 3 is 2.89 bits per heavy atom. The molecule has 2 atom stereocenters. The SMILES string of the molecule is Cc1cccc2c1C(=O)N(C1CCC1)C([C@H](C)Nc1ncnc3nc[nH]c13)C2. The molecule has 7 heteroatoms.